The first-order chi connectivity index (χ1) is 9.40. The Morgan fingerprint density at radius 2 is 2.05 bits per heavy atom. The van der Waals surface area contributed by atoms with Crippen molar-refractivity contribution in [1.82, 2.24) is 10.2 Å². The maximum absolute atomic E-state index is 5.86. The first kappa shape index (κ1) is 16.3. The average molecular weight is 282 g/mol. The van der Waals surface area contributed by atoms with Gasteiger partial charge in [-0.05, 0) is 59.9 Å². The summed E-state index contributed by atoms with van der Waals surface area (Å²) in [4.78, 5) is 2.71. The third kappa shape index (κ3) is 4.71. The highest BCUT2D eigenvalue weighted by Crippen LogP contribution is 2.32. The second-order valence-corrected chi connectivity index (χ2v) is 8.07. The predicted molar refractivity (Wildman–Crippen MR) is 85.1 cm³/mol. The minimum atomic E-state index is 0.192. The Balaban J connectivity index is 1.98. The second kappa shape index (κ2) is 6.76. The van der Waals surface area contributed by atoms with Crippen molar-refractivity contribution in [3.8, 4) is 0 Å². The molecule has 118 valence electrons. The van der Waals surface area contributed by atoms with E-state index < -0.39 is 0 Å². The van der Waals surface area contributed by atoms with E-state index in [-0.39, 0.29) is 5.54 Å². The van der Waals surface area contributed by atoms with Crippen molar-refractivity contribution in [1.29, 1.82) is 0 Å². The first-order valence-electron chi connectivity index (χ1n) is 8.47. The van der Waals surface area contributed by atoms with E-state index in [1.165, 1.54) is 45.2 Å². The number of ether oxygens (including phenoxy) is 1. The van der Waals surface area contributed by atoms with E-state index in [0.29, 0.717) is 5.41 Å². The fourth-order valence-electron chi connectivity index (χ4n) is 3.51. The monoisotopic (exact) mass is 282 g/mol. The fraction of sp³-hybridized carbons (Fsp3) is 1.00. The van der Waals surface area contributed by atoms with Crippen LogP contribution in [0, 0.1) is 5.41 Å². The predicted octanol–water partition coefficient (Wildman–Crippen LogP) is 3.05. The minimum absolute atomic E-state index is 0.192. The molecule has 0 saturated carbocycles. The van der Waals surface area contributed by atoms with Crippen molar-refractivity contribution in [3.63, 3.8) is 0 Å². The molecule has 2 aliphatic heterocycles. The van der Waals surface area contributed by atoms with Gasteiger partial charge in [-0.3, -0.25) is 4.90 Å². The van der Waals surface area contributed by atoms with Gasteiger partial charge in [-0.1, -0.05) is 6.42 Å². The van der Waals surface area contributed by atoms with Crippen molar-refractivity contribution < 1.29 is 4.74 Å². The molecule has 2 heterocycles. The highest BCUT2D eigenvalue weighted by molar-refractivity contribution is 4.91. The lowest BCUT2D eigenvalue weighted by Crippen LogP contribution is -2.54. The van der Waals surface area contributed by atoms with Crippen LogP contribution in [-0.4, -0.2) is 49.3 Å². The van der Waals surface area contributed by atoms with Gasteiger partial charge in [0, 0.05) is 36.7 Å². The van der Waals surface area contributed by atoms with Crippen LogP contribution < -0.4 is 5.32 Å². The number of hydrogen-bond donors (Lipinski definition) is 1. The zero-order chi connectivity index (χ0) is 14.6. The summed E-state index contributed by atoms with van der Waals surface area (Å²) in [6, 6.07) is 0.747. The van der Waals surface area contributed by atoms with Crippen molar-refractivity contribution in [3.05, 3.63) is 0 Å². The van der Waals surface area contributed by atoms with Crippen LogP contribution in [0.4, 0.5) is 0 Å². The Morgan fingerprint density at radius 1 is 1.25 bits per heavy atom. The maximum Gasteiger partial charge on any atom is 0.0546 e. The molecule has 0 aromatic heterocycles. The van der Waals surface area contributed by atoms with Crippen molar-refractivity contribution in [2.45, 2.75) is 71.4 Å². The number of nitrogens with one attached hydrogen (secondary N) is 1. The van der Waals surface area contributed by atoms with E-state index in [1.807, 2.05) is 0 Å². The highest BCUT2D eigenvalue weighted by atomic mass is 16.5. The second-order valence-electron chi connectivity index (χ2n) is 8.07. The zero-order valence-electron chi connectivity index (χ0n) is 14.0. The third-order valence-electron chi connectivity index (χ3n) is 4.88. The Kier molecular flexibility index (Phi) is 5.49. The first-order valence-corrected chi connectivity index (χ1v) is 8.47. The van der Waals surface area contributed by atoms with Gasteiger partial charge in [-0.25, -0.2) is 0 Å². The Morgan fingerprint density at radius 3 is 2.65 bits per heavy atom. The quantitative estimate of drug-likeness (QED) is 0.858. The lowest BCUT2D eigenvalue weighted by molar-refractivity contribution is -0.0383. The standard InChI is InChI=1S/C17H34N2O/c1-15-8-5-6-10-19(15)13-17(9-7-11-20-14-17)12-18-16(2,3)4/h15,18H,5-14H2,1-4H3. The summed E-state index contributed by atoms with van der Waals surface area (Å²) >= 11 is 0. The number of likely N-dealkylation sites (tertiary alicyclic amines) is 1. The van der Waals surface area contributed by atoms with E-state index in [0.717, 1.165) is 25.8 Å². The molecule has 0 aromatic rings. The van der Waals surface area contributed by atoms with Gasteiger partial charge in [0.1, 0.15) is 0 Å². The smallest absolute Gasteiger partial charge is 0.0546 e. The molecule has 0 aliphatic carbocycles. The lowest BCUT2D eigenvalue weighted by atomic mass is 9.80. The molecular formula is C17H34N2O. The van der Waals surface area contributed by atoms with Gasteiger partial charge in [-0.2, -0.15) is 0 Å². The summed E-state index contributed by atoms with van der Waals surface area (Å²) in [5, 5.41) is 3.73. The Labute approximate surface area is 125 Å². The SMILES string of the molecule is CC1CCCCN1CC1(CNC(C)(C)C)CCCOC1. The average Bonchev–Trinajstić information content (AvgIpc) is 2.40. The molecule has 0 bridgehead atoms. The van der Waals surface area contributed by atoms with Crippen LogP contribution in [-0.2, 0) is 4.74 Å². The summed E-state index contributed by atoms with van der Waals surface area (Å²) in [5.41, 5.74) is 0.509. The number of hydrogen-bond acceptors (Lipinski definition) is 3. The van der Waals surface area contributed by atoms with Crippen LogP contribution in [0.25, 0.3) is 0 Å². The summed E-state index contributed by atoms with van der Waals surface area (Å²) in [6.07, 6.45) is 6.66. The van der Waals surface area contributed by atoms with Gasteiger partial charge in [0.2, 0.25) is 0 Å². The molecule has 0 radical (unpaired) electrons. The molecule has 2 rings (SSSR count). The highest BCUT2D eigenvalue weighted by Gasteiger charge is 2.37. The number of rotatable bonds is 4. The molecule has 3 nitrogen and oxygen atoms in total. The van der Waals surface area contributed by atoms with Crippen LogP contribution >= 0.6 is 0 Å². The van der Waals surface area contributed by atoms with Gasteiger partial charge >= 0.3 is 0 Å². The number of nitrogens with zero attached hydrogens (tertiary/aromatic N) is 1. The van der Waals surface area contributed by atoms with Crippen molar-refractivity contribution in [2.75, 3.05) is 32.8 Å². The molecule has 2 aliphatic rings. The van der Waals surface area contributed by atoms with Crippen LogP contribution in [0.1, 0.15) is 59.8 Å². The summed E-state index contributed by atoms with van der Waals surface area (Å²) in [6.45, 7) is 14.6. The third-order valence-corrected chi connectivity index (χ3v) is 4.88. The summed E-state index contributed by atoms with van der Waals surface area (Å²) in [7, 11) is 0. The minimum Gasteiger partial charge on any atom is -0.381 e. The van der Waals surface area contributed by atoms with Gasteiger partial charge in [0.25, 0.3) is 0 Å². The molecule has 2 saturated heterocycles. The molecule has 3 heteroatoms. The topological polar surface area (TPSA) is 24.5 Å². The van der Waals surface area contributed by atoms with Crippen LogP contribution in [0.3, 0.4) is 0 Å². The van der Waals surface area contributed by atoms with E-state index >= 15 is 0 Å². The normalized spacial score (nSPS) is 33.3. The maximum atomic E-state index is 5.86. The Bertz CT molecular complexity index is 292. The lowest BCUT2D eigenvalue weighted by Gasteiger charge is -2.45. The molecule has 20 heavy (non-hydrogen) atoms. The van der Waals surface area contributed by atoms with Gasteiger partial charge < -0.3 is 10.1 Å². The molecule has 0 amide bonds. The molecule has 2 fully saturated rings. The Hall–Kier alpha value is -0.120. The van der Waals surface area contributed by atoms with Crippen LogP contribution in [0.2, 0.25) is 0 Å². The van der Waals surface area contributed by atoms with Crippen molar-refractivity contribution in [2.24, 2.45) is 5.41 Å². The molecule has 1 N–H and O–H groups in total. The molecule has 2 atom stereocenters. The summed E-state index contributed by atoms with van der Waals surface area (Å²) in [5.74, 6) is 0. The zero-order valence-corrected chi connectivity index (χ0v) is 14.0. The molecular weight excluding hydrogens is 248 g/mol. The van der Waals surface area contributed by atoms with Crippen LogP contribution in [0.5, 0.6) is 0 Å². The number of piperidine rings is 1. The van der Waals surface area contributed by atoms with Gasteiger partial charge in [-0.15, -0.1) is 0 Å². The van der Waals surface area contributed by atoms with Gasteiger partial charge in [0.05, 0.1) is 6.61 Å². The van der Waals surface area contributed by atoms with E-state index in [9.17, 15) is 0 Å². The molecule has 2 unspecified atom stereocenters. The molecule has 0 aromatic carbocycles. The summed E-state index contributed by atoms with van der Waals surface area (Å²) < 4.78 is 5.86. The van der Waals surface area contributed by atoms with E-state index in [1.54, 1.807) is 0 Å². The van der Waals surface area contributed by atoms with Crippen LogP contribution in [0.15, 0.2) is 0 Å². The largest absolute Gasteiger partial charge is 0.381 e. The van der Waals surface area contributed by atoms with Crippen molar-refractivity contribution >= 4 is 0 Å². The van der Waals surface area contributed by atoms with E-state index in [2.05, 4.69) is 37.9 Å². The molecule has 0 spiro atoms. The van der Waals surface area contributed by atoms with E-state index in [4.69, 9.17) is 4.74 Å². The van der Waals surface area contributed by atoms with Gasteiger partial charge in [0.15, 0.2) is 0 Å². The fourth-order valence-corrected chi connectivity index (χ4v) is 3.51.